The molecule has 0 aliphatic heterocycles. The number of imidazole rings is 1. The topological polar surface area (TPSA) is 29.9 Å². The predicted molar refractivity (Wildman–Crippen MR) is 63.0 cm³/mol. The van der Waals surface area contributed by atoms with Gasteiger partial charge in [0.05, 0.1) is 17.6 Å². The number of fused-ring (bicyclic) bond motifs is 1. The van der Waals surface area contributed by atoms with Gasteiger partial charge in [0.1, 0.15) is 5.82 Å². The first kappa shape index (κ1) is 10.2. The Morgan fingerprint density at radius 2 is 2.07 bits per heavy atom. The van der Waals surface area contributed by atoms with Crippen LogP contribution >= 0.6 is 0 Å². The van der Waals surface area contributed by atoms with Gasteiger partial charge in [0.25, 0.3) is 0 Å². The molecule has 3 nitrogen and oxygen atoms in total. The number of rotatable bonds is 2. The molecule has 1 aromatic carbocycles. The summed E-state index contributed by atoms with van der Waals surface area (Å²) < 4.78 is 2.16. The van der Waals surface area contributed by atoms with Gasteiger partial charge < -0.3 is 9.88 Å². The fraction of sp³-hybridized carbons (Fsp3) is 0.417. The van der Waals surface area contributed by atoms with Crippen LogP contribution in [0.1, 0.15) is 17.0 Å². The van der Waals surface area contributed by atoms with Crippen molar-refractivity contribution in [1.29, 1.82) is 0 Å². The molecule has 0 fully saturated rings. The molecule has 3 heteroatoms. The van der Waals surface area contributed by atoms with Crippen LogP contribution in [0.15, 0.2) is 12.1 Å². The zero-order chi connectivity index (χ0) is 11.0. The van der Waals surface area contributed by atoms with Crippen LogP contribution in [-0.4, -0.2) is 16.6 Å². The highest BCUT2D eigenvalue weighted by atomic mass is 15.1. The maximum Gasteiger partial charge on any atom is 0.123 e. The Balaban J connectivity index is 2.70. The lowest BCUT2D eigenvalue weighted by Gasteiger charge is -2.01. The van der Waals surface area contributed by atoms with Crippen LogP contribution in [0.2, 0.25) is 0 Å². The maximum absolute atomic E-state index is 4.64. The molecule has 2 aromatic rings. The van der Waals surface area contributed by atoms with Crippen LogP contribution in [0, 0.1) is 13.8 Å². The highest BCUT2D eigenvalue weighted by Gasteiger charge is 2.08. The molecular weight excluding hydrogens is 186 g/mol. The van der Waals surface area contributed by atoms with Crippen LogP contribution in [0.3, 0.4) is 0 Å². The fourth-order valence-corrected chi connectivity index (χ4v) is 2.00. The van der Waals surface area contributed by atoms with Crippen LogP contribution in [0.4, 0.5) is 0 Å². The summed E-state index contributed by atoms with van der Waals surface area (Å²) in [6.07, 6.45) is 0. The Morgan fingerprint density at radius 1 is 1.33 bits per heavy atom. The second-order valence-electron chi connectivity index (χ2n) is 4.07. The van der Waals surface area contributed by atoms with Gasteiger partial charge in [-0.05, 0) is 38.1 Å². The van der Waals surface area contributed by atoms with E-state index in [4.69, 9.17) is 0 Å². The molecule has 0 saturated heterocycles. The second kappa shape index (κ2) is 3.66. The Kier molecular flexibility index (Phi) is 2.49. The highest BCUT2D eigenvalue weighted by molar-refractivity contribution is 5.80. The van der Waals surface area contributed by atoms with Crippen LogP contribution in [0.25, 0.3) is 11.0 Å². The molecule has 80 valence electrons. The van der Waals surface area contributed by atoms with Gasteiger partial charge in [-0.1, -0.05) is 6.07 Å². The quantitative estimate of drug-likeness (QED) is 0.808. The van der Waals surface area contributed by atoms with E-state index in [1.165, 1.54) is 16.6 Å². The maximum atomic E-state index is 4.64. The average Bonchev–Trinajstić information content (AvgIpc) is 2.47. The number of hydrogen-bond acceptors (Lipinski definition) is 2. The summed E-state index contributed by atoms with van der Waals surface area (Å²) >= 11 is 0. The van der Waals surface area contributed by atoms with E-state index in [-0.39, 0.29) is 0 Å². The number of benzene rings is 1. The Hall–Kier alpha value is -1.35. The first-order chi connectivity index (χ1) is 7.13. The number of nitrogens with zero attached hydrogens (tertiary/aromatic N) is 2. The molecule has 0 spiro atoms. The standard InChI is InChI=1S/C12H17N3/c1-8-5-9(2)12-10(6-8)15(4)11(14-12)7-13-3/h5-6,13H,7H2,1-4H3. The van der Waals surface area contributed by atoms with Gasteiger partial charge in [0.2, 0.25) is 0 Å². The molecule has 0 radical (unpaired) electrons. The first-order valence-electron chi connectivity index (χ1n) is 5.20. The van der Waals surface area contributed by atoms with Crippen molar-refractivity contribution >= 4 is 11.0 Å². The lowest BCUT2D eigenvalue weighted by molar-refractivity contribution is 0.719. The molecule has 0 amide bonds. The molecule has 15 heavy (non-hydrogen) atoms. The van der Waals surface area contributed by atoms with E-state index in [1.54, 1.807) is 0 Å². The van der Waals surface area contributed by atoms with Crippen molar-refractivity contribution in [2.45, 2.75) is 20.4 Å². The third-order valence-corrected chi connectivity index (χ3v) is 2.75. The molecule has 0 saturated carbocycles. The van der Waals surface area contributed by atoms with Crippen LogP contribution in [0.5, 0.6) is 0 Å². The third kappa shape index (κ3) is 1.63. The largest absolute Gasteiger partial charge is 0.330 e. The van der Waals surface area contributed by atoms with Gasteiger partial charge in [-0.3, -0.25) is 0 Å². The monoisotopic (exact) mass is 203 g/mol. The zero-order valence-electron chi connectivity index (χ0n) is 9.76. The van der Waals surface area contributed by atoms with E-state index in [2.05, 4.69) is 47.9 Å². The first-order valence-corrected chi connectivity index (χ1v) is 5.20. The molecule has 0 aliphatic carbocycles. The number of hydrogen-bond donors (Lipinski definition) is 1. The molecule has 0 unspecified atom stereocenters. The number of aryl methyl sites for hydroxylation is 3. The predicted octanol–water partition coefficient (Wildman–Crippen LogP) is 1.91. The van der Waals surface area contributed by atoms with Crippen LogP contribution < -0.4 is 5.32 Å². The minimum atomic E-state index is 0.809. The Morgan fingerprint density at radius 3 is 2.73 bits per heavy atom. The van der Waals surface area contributed by atoms with Gasteiger partial charge in [0, 0.05) is 7.05 Å². The Labute approximate surface area is 90.1 Å². The van der Waals surface area contributed by atoms with Crippen molar-refractivity contribution in [2.75, 3.05) is 7.05 Å². The molecule has 1 heterocycles. The molecule has 1 aromatic heterocycles. The van der Waals surface area contributed by atoms with Gasteiger partial charge in [-0.25, -0.2) is 4.98 Å². The van der Waals surface area contributed by atoms with Crippen molar-refractivity contribution in [3.8, 4) is 0 Å². The lowest BCUT2D eigenvalue weighted by Crippen LogP contribution is -2.10. The number of nitrogens with one attached hydrogen (secondary N) is 1. The van der Waals surface area contributed by atoms with Gasteiger partial charge in [-0.15, -0.1) is 0 Å². The summed E-state index contributed by atoms with van der Waals surface area (Å²) in [6, 6.07) is 4.37. The lowest BCUT2D eigenvalue weighted by atomic mass is 10.1. The SMILES string of the molecule is CNCc1nc2c(C)cc(C)cc2n1C. The van der Waals surface area contributed by atoms with Crippen molar-refractivity contribution in [1.82, 2.24) is 14.9 Å². The zero-order valence-corrected chi connectivity index (χ0v) is 9.76. The fourth-order valence-electron chi connectivity index (χ4n) is 2.00. The van der Waals surface area contributed by atoms with Crippen molar-refractivity contribution in [2.24, 2.45) is 7.05 Å². The molecule has 1 N–H and O–H groups in total. The minimum Gasteiger partial charge on any atom is -0.330 e. The van der Waals surface area contributed by atoms with Gasteiger partial charge in [0.15, 0.2) is 0 Å². The van der Waals surface area contributed by atoms with Crippen molar-refractivity contribution < 1.29 is 0 Å². The summed E-state index contributed by atoms with van der Waals surface area (Å²) in [4.78, 5) is 4.64. The smallest absolute Gasteiger partial charge is 0.123 e. The number of aromatic nitrogens is 2. The molecule has 2 rings (SSSR count). The molecule has 0 atom stereocenters. The van der Waals surface area contributed by atoms with E-state index in [0.29, 0.717) is 0 Å². The molecular formula is C12H17N3. The van der Waals surface area contributed by atoms with E-state index in [1.807, 2.05) is 7.05 Å². The molecule has 0 aliphatic rings. The van der Waals surface area contributed by atoms with Crippen molar-refractivity contribution in [3.63, 3.8) is 0 Å². The summed E-state index contributed by atoms with van der Waals surface area (Å²) in [6.45, 7) is 5.05. The van der Waals surface area contributed by atoms with Gasteiger partial charge >= 0.3 is 0 Å². The summed E-state index contributed by atoms with van der Waals surface area (Å²) in [5.74, 6) is 1.08. The Bertz CT molecular complexity index is 497. The normalized spacial score (nSPS) is 11.2. The third-order valence-electron chi connectivity index (χ3n) is 2.75. The summed E-state index contributed by atoms with van der Waals surface area (Å²) in [5, 5.41) is 3.14. The van der Waals surface area contributed by atoms with E-state index < -0.39 is 0 Å². The summed E-state index contributed by atoms with van der Waals surface area (Å²) in [7, 11) is 4.01. The van der Waals surface area contributed by atoms with Gasteiger partial charge in [-0.2, -0.15) is 0 Å². The summed E-state index contributed by atoms with van der Waals surface area (Å²) in [5.41, 5.74) is 4.88. The van der Waals surface area contributed by atoms with E-state index >= 15 is 0 Å². The van der Waals surface area contributed by atoms with Crippen LogP contribution in [-0.2, 0) is 13.6 Å². The highest BCUT2D eigenvalue weighted by Crippen LogP contribution is 2.20. The molecule has 0 bridgehead atoms. The average molecular weight is 203 g/mol. The van der Waals surface area contributed by atoms with E-state index in [0.717, 1.165) is 17.9 Å². The van der Waals surface area contributed by atoms with Crippen molar-refractivity contribution in [3.05, 3.63) is 29.1 Å². The minimum absolute atomic E-state index is 0.809. The second-order valence-corrected chi connectivity index (χ2v) is 4.07. The van der Waals surface area contributed by atoms with E-state index in [9.17, 15) is 0 Å².